The van der Waals surface area contributed by atoms with E-state index in [1.165, 1.54) is 22.5 Å². The Morgan fingerprint density at radius 3 is 2.89 bits per heavy atom. The lowest BCUT2D eigenvalue weighted by atomic mass is 9.89. The minimum atomic E-state index is -1.20. The molecule has 1 aromatic heterocycles. The SMILES string of the molecule is CC1(c2ccc3c(c2)CCC3)NC(=O)N(CC(=O)Nc2sccc2C#N)C1=O. The van der Waals surface area contributed by atoms with Gasteiger partial charge < -0.3 is 10.6 Å². The van der Waals surface area contributed by atoms with Gasteiger partial charge in [0.25, 0.3) is 5.91 Å². The first-order valence-electron chi connectivity index (χ1n) is 8.96. The van der Waals surface area contributed by atoms with Crippen LogP contribution < -0.4 is 10.6 Å². The van der Waals surface area contributed by atoms with Crippen molar-refractivity contribution in [2.75, 3.05) is 11.9 Å². The summed E-state index contributed by atoms with van der Waals surface area (Å²) in [5.74, 6) is -0.988. The number of benzene rings is 1. The lowest BCUT2D eigenvalue weighted by Gasteiger charge is -2.23. The van der Waals surface area contributed by atoms with Gasteiger partial charge in [0.15, 0.2) is 0 Å². The number of hydrogen-bond acceptors (Lipinski definition) is 5. The van der Waals surface area contributed by atoms with Crippen molar-refractivity contribution in [2.24, 2.45) is 0 Å². The quantitative estimate of drug-likeness (QED) is 0.778. The molecule has 1 fully saturated rings. The third kappa shape index (κ3) is 2.94. The average molecular weight is 394 g/mol. The third-order valence-electron chi connectivity index (χ3n) is 5.29. The van der Waals surface area contributed by atoms with Gasteiger partial charge in [0.05, 0.1) is 5.56 Å². The van der Waals surface area contributed by atoms with Gasteiger partial charge in [-0.05, 0) is 54.3 Å². The second-order valence-electron chi connectivity index (χ2n) is 7.11. The maximum Gasteiger partial charge on any atom is 0.325 e. The van der Waals surface area contributed by atoms with Crippen molar-refractivity contribution in [3.8, 4) is 6.07 Å². The van der Waals surface area contributed by atoms with Crippen LogP contribution in [0.4, 0.5) is 9.80 Å². The van der Waals surface area contributed by atoms with Crippen LogP contribution in [-0.2, 0) is 28.0 Å². The van der Waals surface area contributed by atoms with Gasteiger partial charge in [-0.25, -0.2) is 4.79 Å². The first-order valence-corrected chi connectivity index (χ1v) is 9.84. The summed E-state index contributed by atoms with van der Waals surface area (Å²) in [6.45, 7) is 1.25. The number of hydrogen-bond donors (Lipinski definition) is 2. The Bertz CT molecular complexity index is 1040. The molecule has 8 heteroatoms. The molecule has 1 unspecified atom stereocenters. The van der Waals surface area contributed by atoms with Gasteiger partial charge in [-0.3, -0.25) is 14.5 Å². The number of thiophene rings is 1. The van der Waals surface area contributed by atoms with Crippen LogP contribution in [0.15, 0.2) is 29.6 Å². The van der Waals surface area contributed by atoms with E-state index in [9.17, 15) is 14.4 Å². The number of anilines is 1. The molecule has 1 aliphatic carbocycles. The van der Waals surface area contributed by atoms with Crippen LogP contribution >= 0.6 is 11.3 Å². The lowest BCUT2D eigenvalue weighted by Crippen LogP contribution is -2.42. The number of nitriles is 1. The molecular weight excluding hydrogens is 376 g/mol. The van der Waals surface area contributed by atoms with E-state index in [0.717, 1.165) is 29.7 Å². The second-order valence-corrected chi connectivity index (χ2v) is 8.02. The van der Waals surface area contributed by atoms with Gasteiger partial charge in [0.2, 0.25) is 5.91 Å². The van der Waals surface area contributed by atoms with E-state index in [-0.39, 0.29) is 0 Å². The molecule has 28 heavy (non-hydrogen) atoms. The zero-order valence-corrected chi connectivity index (χ0v) is 16.1. The molecule has 0 radical (unpaired) electrons. The van der Waals surface area contributed by atoms with Crippen molar-refractivity contribution >= 4 is 34.2 Å². The molecule has 2 aromatic rings. The van der Waals surface area contributed by atoms with Crippen LogP contribution in [0.2, 0.25) is 0 Å². The van der Waals surface area contributed by atoms with Crippen LogP contribution in [0, 0.1) is 11.3 Å². The number of aryl methyl sites for hydroxylation is 2. The summed E-state index contributed by atoms with van der Waals surface area (Å²) in [5.41, 5.74) is 2.36. The highest BCUT2D eigenvalue weighted by molar-refractivity contribution is 7.14. The van der Waals surface area contributed by atoms with Crippen molar-refractivity contribution < 1.29 is 14.4 Å². The average Bonchev–Trinajstić information content (AvgIpc) is 3.37. The molecule has 4 amide bonds. The summed E-state index contributed by atoms with van der Waals surface area (Å²) in [6, 6.07) is 8.84. The second kappa shape index (κ2) is 6.77. The van der Waals surface area contributed by atoms with Crippen molar-refractivity contribution in [1.82, 2.24) is 10.2 Å². The molecule has 2 aliphatic rings. The zero-order valence-electron chi connectivity index (χ0n) is 15.2. The molecule has 0 saturated carbocycles. The molecular formula is C20H18N4O3S. The van der Waals surface area contributed by atoms with E-state index in [4.69, 9.17) is 5.26 Å². The van der Waals surface area contributed by atoms with Crippen LogP contribution in [0.5, 0.6) is 0 Å². The number of carbonyl (C=O) groups is 3. The zero-order chi connectivity index (χ0) is 19.9. The normalized spacial score (nSPS) is 20.6. The molecule has 1 aromatic carbocycles. The van der Waals surface area contributed by atoms with E-state index in [1.54, 1.807) is 18.4 Å². The summed E-state index contributed by atoms with van der Waals surface area (Å²) in [6.07, 6.45) is 3.09. The fraction of sp³-hybridized carbons (Fsp3) is 0.300. The van der Waals surface area contributed by atoms with Crippen molar-refractivity contribution in [3.05, 3.63) is 51.9 Å². The Kier molecular flexibility index (Phi) is 4.40. The molecule has 142 valence electrons. The molecule has 7 nitrogen and oxygen atoms in total. The molecule has 2 N–H and O–H groups in total. The number of imide groups is 1. The highest BCUT2D eigenvalue weighted by Gasteiger charge is 2.49. The molecule has 1 saturated heterocycles. The number of urea groups is 1. The van der Waals surface area contributed by atoms with Gasteiger partial charge in [-0.1, -0.05) is 18.2 Å². The molecule has 1 atom stereocenters. The van der Waals surface area contributed by atoms with Crippen molar-refractivity contribution in [1.29, 1.82) is 5.26 Å². The predicted molar refractivity (Wildman–Crippen MR) is 104 cm³/mol. The van der Waals surface area contributed by atoms with E-state index in [2.05, 4.69) is 10.6 Å². The Hall–Kier alpha value is -3.18. The number of rotatable bonds is 4. The maximum absolute atomic E-state index is 13.0. The maximum atomic E-state index is 13.0. The Balaban J connectivity index is 1.52. The highest BCUT2D eigenvalue weighted by Crippen LogP contribution is 2.32. The highest BCUT2D eigenvalue weighted by atomic mass is 32.1. The molecule has 1 aliphatic heterocycles. The Morgan fingerprint density at radius 2 is 2.11 bits per heavy atom. The minimum absolute atomic E-state index is 0.346. The van der Waals surface area contributed by atoms with Crippen LogP contribution in [0.25, 0.3) is 0 Å². The lowest BCUT2D eigenvalue weighted by molar-refractivity contribution is -0.133. The van der Waals surface area contributed by atoms with Crippen LogP contribution in [0.3, 0.4) is 0 Å². The van der Waals surface area contributed by atoms with Gasteiger partial charge in [0.1, 0.15) is 23.2 Å². The van der Waals surface area contributed by atoms with Gasteiger partial charge in [-0.2, -0.15) is 5.26 Å². The van der Waals surface area contributed by atoms with Gasteiger partial charge in [-0.15, -0.1) is 11.3 Å². The van der Waals surface area contributed by atoms with Crippen molar-refractivity contribution in [2.45, 2.75) is 31.7 Å². The fourth-order valence-corrected chi connectivity index (χ4v) is 4.48. The van der Waals surface area contributed by atoms with E-state index >= 15 is 0 Å². The molecule has 0 spiro atoms. The molecule has 4 rings (SSSR count). The number of nitrogens with one attached hydrogen (secondary N) is 2. The molecule has 0 bridgehead atoms. The van der Waals surface area contributed by atoms with Gasteiger partial charge >= 0.3 is 6.03 Å². The third-order valence-corrected chi connectivity index (χ3v) is 6.12. The number of carbonyl (C=O) groups excluding carboxylic acids is 3. The minimum Gasteiger partial charge on any atom is -0.319 e. The largest absolute Gasteiger partial charge is 0.325 e. The summed E-state index contributed by atoms with van der Waals surface area (Å²) >= 11 is 1.21. The molecule has 2 heterocycles. The topological polar surface area (TPSA) is 102 Å². The first-order chi connectivity index (χ1) is 13.4. The standard InChI is InChI=1S/C20H18N4O3S/c1-20(15-6-5-12-3-2-4-13(12)9-15)18(26)24(19(27)23-20)11-16(25)22-17-14(10-21)7-8-28-17/h5-9H,2-4,11H2,1H3,(H,22,25)(H,23,27). The van der Waals surface area contributed by atoms with Crippen LogP contribution in [-0.4, -0.2) is 29.3 Å². The summed E-state index contributed by atoms with van der Waals surface area (Å²) in [5, 5.41) is 16.4. The smallest absolute Gasteiger partial charge is 0.319 e. The van der Waals surface area contributed by atoms with E-state index in [0.29, 0.717) is 10.6 Å². The number of fused-ring (bicyclic) bond motifs is 1. The first kappa shape index (κ1) is 18.2. The van der Waals surface area contributed by atoms with Crippen molar-refractivity contribution in [3.63, 3.8) is 0 Å². The number of amides is 4. The van der Waals surface area contributed by atoms with E-state index < -0.39 is 29.9 Å². The summed E-state index contributed by atoms with van der Waals surface area (Å²) < 4.78 is 0. The van der Waals surface area contributed by atoms with Crippen LogP contribution in [0.1, 0.15) is 35.6 Å². The van der Waals surface area contributed by atoms with E-state index in [1.807, 2.05) is 24.3 Å². The fourth-order valence-electron chi connectivity index (χ4n) is 3.72. The summed E-state index contributed by atoms with van der Waals surface area (Å²) in [4.78, 5) is 38.7. The number of nitrogens with zero attached hydrogens (tertiary/aromatic N) is 2. The summed E-state index contributed by atoms with van der Waals surface area (Å²) in [7, 11) is 0. The monoisotopic (exact) mass is 394 g/mol. The predicted octanol–water partition coefficient (Wildman–Crippen LogP) is 2.51. The Labute approximate surface area is 166 Å². The Morgan fingerprint density at radius 1 is 1.32 bits per heavy atom. The van der Waals surface area contributed by atoms with Gasteiger partial charge in [0, 0.05) is 0 Å².